The van der Waals surface area contributed by atoms with E-state index >= 15 is 0 Å². The first-order valence-corrected chi connectivity index (χ1v) is 7.70. The molecular formula is C17H22BrN. The highest BCUT2D eigenvalue weighted by atomic mass is 79.9. The lowest BCUT2D eigenvalue weighted by Crippen LogP contribution is -2.35. The van der Waals surface area contributed by atoms with Crippen LogP contribution in [0.4, 0.5) is 0 Å². The Morgan fingerprint density at radius 3 is 2.37 bits per heavy atom. The maximum absolute atomic E-state index is 9.00. The summed E-state index contributed by atoms with van der Waals surface area (Å²) in [5.41, 5.74) is 5.81. The molecule has 0 aromatic heterocycles. The topological polar surface area (TPSA) is 23.8 Å². The Morgan fingerprint density at radius 1 is 1.21 bits per heavy atom. The molecule has 0 atom stereocenters. The summed E-state index contributed by atoms with van der Waals surface area (Å²) in [6.07, 6.45) is 2.91. The van der Waals surface area contributed by atoms with Crippen molar-refractivity contribution in [2.24, 2.45) is 0 Å². The molecule has 1 aliphatic carbocycles. The molecule has 2 rings (SSSR count). The first-order chi connectivity index (χ1) is 8.70. The zero-order chi connectivity index (χ0) is 14.4. The molecule has 1 aliphatic rings. The van der Waals surface area contributed by atoms with Gasteiger partial charge in [-0.3, -0.25) is 0 Å². The van der Waals surface area contributed by atoms with E-state index in [9.17, 15) is 0 Å². The fraction of sp³-hybridized carbons (Fsp3) is 0.588. The third kappa shape index (κ3) is 2.34. The van der Waals surface area contributed by atoms with E-state index in [1.54, 1.807) is 0 Å². The third-order valence-electron chi connectivity index (χ3n) is 4.62. The molecule has 0 saturated heterocycles. The van der Waals surface area contributed by atoms with Crippen LogP contribution in [-0.4, -0.2) is 0 Å². The lowest BCUT2D eigenvalue weighted by Gasteiger charge is -2.43. The van der Waals surface area contributed by atoms with Crippen molar-refractivity contribution in [1.29, 1.82) is 5.26 Å². The van der Waals surface area contributed by atoms with Crippen molar-refractivity contribution in [2.75, 3.05) is 0 Å². The Kier molecular flexibility index (Phi) is 3.56. The molecule has 2 heteroatoms. The van der Waals surface area contributed by atoms with E-state index < -0.39 is 0 Å². The van der Waals surface area contributed by atoms with Gasteiger partial charge < -0.3 is 0 Å². The minimum Gasteiger partial charge on any atom is -0.198 e. The van der Waals surface area contributed by atoms with Crippen molar-refractivity contribution < 1.29 is 0 Å². The van der Waals surface area contributed by atoms with Crippen LogP contribution in [0.1, 0.15) is 62.8 Å². The monoisotopic (exact) mass is 319 g/mol. The molecule has 0 N–H and O–H groups in total. The highest BCUT2D eigenvalue weighted by molar-refractivity contribution is 9.10. The van der Waals surface area contributed by atoms with Crippen LogP contribution in [-0.2, 0) is 17.3 Å². The summed E-state index contributed by atoms with van der Waals surface area (Å²) in [5.74, 6) is 0. The van der Waals surface area contributed by atoms with Gasteiger partial charge >= 0.3 is 0 Å². The summed E-state index contributed by atoms with van der Waals surface area (Å²) in [5, 5.41) is 9.00. The van der Waals surface area contributed by atoms with Gasteiger partial charge in [-0.1, -0.05) is 49.7 Å². The molecule has 0 bridgehead atoms. The summed E-state index contributed by atoms with van der Waals surface area (Å²) in [4.78, 5) is 0. The van der Waals surface area contributed by atoms with Crippen LogP contribution in [0.5, 0.6) is 0 Å². The maximum Gasteiger partial charge on any atom is 0.0670 e. The number of nitrogens with zero attached hydrogens (tertiary/aromatic N) is 1. The van der Waals surface area contributed by atoms with Gasteiger partial charge in [0.1, 0.15) is 0 Å². The van der Waals surface area contributed by atoms with E-state index in [0.29, 0.717) is 6.42 Å². The van der Waals surface area contributed by atoms with Crippen LogP contribution in [0.2, 0.25) is 0 Å². The molecule has 0 heterocycles. The van der Waals surface area contributed by atoms with Crippen molar-refractivity contribution >= 4 is 15.9 Å². The molecule has 1 aromatic carbocycles. The summed E-state index contributed by atoms with van der Waals surface area (Å²) in [6.45, 7) is 11.5. The number of fused-ring (bicyclic) bond motifs is 1. The predicted molar refractivity (Wildman–Crippen MR) is 83.5 cm³/mol. The van der Waals surface area contributed by atoms with Crippen molar-refractivity contribution in [3.63, 3.8) is 0 Å². The molecule has 0 fully saturated rings. The van der Waals surface area contributed by atoms with E-state index in [0.717, 1.165) is 10.0 Å². The molecule has 0 aliphatic heterocycles. The SMILES string of the molecule is Cc1c(Br)c(CC#N)cc2c1C(C)(C)CCC2(C)C. The number of halogens is 1. The molecular weight excluding hydrogens is 298 g/mol. The molecule has 102 valence electrons. The second-order valence-electron chi connectivity index (χ2n) is 7.00. The van der Waals surface area contributed by atoms with Gasteiger partial charge in [0.25, 0.3) is 0 Å². The average Bonchev–Trinajstić information content (AvgIpc) is 2.31. The van der Waals surface area contributed by atoms with Crippen molar-refractivity contribution in [2.45, 2.75) is 64.7 Å². The van der Waals surface area contributed by atoms with E-state index in [1.165, 1.54) is 29.5 Å². The van der Waals surface area contributed by atoms with Gasteiger partial charge in [-0.25, -0.2) is 0 Å². The van der Waals surface area contributed by atoms with Crippen LogP contribution < -0.4 is 0 Å². The van der Waals surface area contributed by atoms with E-state index in [2.05, 4.69) is 62.7 Å². The van der Waals surface area contributed by atoms with Gasteiger partial charge in [-0.2, -0.15) is 5.26 Å². The first-order valence-electron chi connectivity index (χ1n) is 6.90. The average molecular weight is 320 g/mol. The Balaban J connectivity index is 2.78. The van der Waals surface area contributed by atoms with Gasteiger partial charge in [0.2, 0.25) is 0 Å². The number of hydrogen-bond donors (Lipinski definition) is 0. The molecule has 1 nitrogen and oxygen atoms in total. The maximum atomic E-state index is 9.00. The van der Waals surface area contributed by atoms with E-state index in [4.69, 9.17) is 5.26 Å². The molecule has 0 radical (unpaired) electrons. The Labute approximate surface area is 125 Å². The Hall–Kier alpha value is -0.810. The summed E-state index contributed by atoms with van der Waals surface area (Å²) >= 11 is 3.70. The van der Waals surface area contributed by atoms with Gasteiger partial charge in [0.15, 0.2) is 0 Å². The van der Waals surface area contributed by atoms with Crippen LogP contribution in [0.3, 0.4) is 0 Å². The smallest absolute Gasteiger partial charge is 0.0670 e. The summed E-state index contributed by atoms with van der Waals surface area (Å²) in [7, 11) is 0. The van der Waals surface area contributed by atoms with Crippen LogP contribution in [0.25, 0.3) is 0 Å². The molecule has 0 saturated carbocycles. The second kappa shape index (κ2) is 4.63. The van der Waals surface area contributed by atoms with Crippen molar-refractivity contribution in [3.8, 4) is 6.07 Å². The molecule has 0 amide bonds. The lowest BCUT2D eigenvalue weighted by molar-refractivity contribution is 0.330. The zero-order valence-electron chi connectivity index (χ0n) is 12.5. The summed E-state index contributed by atoms with van der Waals surface area (Å²) < 4.78 is 1.12. The molecule has 0 unspecified atom stereocenters. The van der Waals surface area contributed by atoms with E-state index in [-0.39, 0.29) is 10.8 Å². The molecule has 0 spiro atoms. The fourth-order valence-corrected chi connectivity index (χ4v) is 3.82. The standard InChI is InChI=1S/C17H22BrN/c1-11-14-13(10-12(6-9-19)15(11)18)16(2,3)7-8-17(14,4)5/h10H,6-8H2,1-5H3. The minimum atomic E-state index is 0.209. The summed E-state index contributed by atoms with van der Waals surface area (Å²) in [6, 6.07) is 4.54. The number of nitriles is 1. The number of benzene rings is 1. The Morgan fingerprint density at radius 2 is 1.79 bits per heavy atom. The minimum absolute atomic E-state index is 0.209. The quantitative estimate of drug-likeness (QED) is 0.700. The number of hydrogen-bond acceptors (Lipinski definition) is 1. The third-order valence-corrected chi connectivity index (χ3v) is 5.73. The Bertz CT molecular complexity index is 562. The highest BCUT2D eigenvalue weighted by Crippen LogP contribution is 2.49. The largest absolute Gasteiger partial charge is 0.198 e. The van der Waals surface area contributed by atoms with Gasteiger partial charge in [-0.15, -0.1) is 0 Å². The fourth-order valence-electron chi connectivity index (χ4n) is 3.37. The predicted octanol–water partition coefficient (Wildman–Crippen LogP) is 5.17. The molecule has 19 heavy (non-hydrogen) atoms. The van der Waals surface area contributed by atoms with Gasteiger partial charge in [0.05, 0.1) is 12.5 Å². The second-order valence-corrected chi connectivity index (χ2v) is 7.79. The van der Waals surface area contributed by atoms with Crippen molar-refractivity contribution in [3.05, 3.63) is 32.8 Å². The normalized spacial score (nSPS) is 19.6. The van der Waals surface area contributed by atoms with Gasteiger partial charge in [-0.05, 0) is 52.8 Å². The lowest BCUT2D eigenvalue weighted by atomic mass is 9.61. The number of rotatable bonds is 1. The zero-order valence-corrected chi connectivity index (χ0v) is 14.1. The van der Waals surface area contributed by atoms with Crippen LogP contribution in [0.15, 0.2) is 10.5 Å². The van der Waals surface area contributed by atoms with Crippen LogP contribution in [0, 0.1) is 18.3 Å². The van der Waals surface area contributed by atoms with Crippen LogP contribution >= 0.6 is 15.9 Å². The van der Waals surface area contributed by atoms with E-state index in [1.807, 2.05) is 0 Å². The van der Waals surface area contributed by atoms with Crippen molar-refractivity contribution in [1.82, 2.24) is 0 Å². The highest BCUT2D eigenvalue weighted by Gasteiger charge is 2.38. The first kappa shape index (κ1) is 14.6. The molecule has 1 aromatic rings. The van der Waals surface area contributed by atoms with Gasteiger partial charge in [0, 0.05) is 4.47 Å².